The lowest BCUT2D eigenvalue weighted by Crippen LogP contribution is -2.11. The Morgan fingerprint density at radius 2 is 1.86 bits per heavy atom. The smallest absolute Gasteiger partial charge is 0.119 e. The molecule has 0 atom stereocenters. The number of aryl methyl sites for hydroxylation is 1. The zero-order valence-corrected chi connectivity index (χ0v) is 13.6. The number of methoxy groups -OCH3 is 1. The Balaban J connectivity index is 2.27. The molecule has 0 unspecified atom stereocenters. The summed E-state index contributed by atoms with van der Waals surface area (Å²) in [5.74, 6) is 0.892. The van der Waals surface area contributed by atoms with Crippen molar-refractivity contribution in [1.82, 2.24) is 9.88 Å². The van der Waals surface area contributed by atoms with E-state index < -0.39 is 0 Å². The van der Waals surface area contributed by atoms with Gasteiger partial charge in [0.25, 0.3) is 0 Å². The van der Waals surface area contributed by atoms with Crippen molar-refractivity contribution in [2.24, 2.45) is 0 Å². The van der Waals surface area contributed by atoms with Crippen molar-refractivity contribution in [3.8, 4) is 17.0 Å². The molecule has 3 nitrogen and oxygen atoms in total. The van der Waals surface area contributed by atoms with Gasteiger partial charge >= 0.3 is 0 Å². The van der Waals surface area contributed by atoms with E-state index in [9.17, 15) is 0 Å². The highest BCUT2D eigenvalue weighted by molar-refractivity contribution is 5.92. The fourth-order valence-electron chi connectivity index (χ4n) is 2.92. The first kappa shape index (κ1) is 14.7. The van der Waals surface area contributed by atoms with Gasteiger partial charge in [0, 0.05) is 23.0 Å². The highest BCUT2D eigenvalue weighted by atomic mass is 16.5. The molecule has 3 heteroatoms. The average Bonchev–Trinajstić information content (AvgIpc) is 2.85. The molecule has 0 fully saturated rings. The molecule has 0 aliphatic rings. The third-order valence-electron chi connectivity index (χ3n) is 4.00. The van der Waals surface area contributed by atoms with E-state index in [2.05, 4.69) is 67.3 Å². The van der Waals surface area contributed by atoms with Gasteiger partial charge in [-0.05, 0) is 50.3 Å². The maximum absolute atomic E-state index is 5.39. The van der Waals surface area contributed by atoms with Crippen LogP contribution in [-0.2, 0) is 6.54 Å². The second kappa shape index (κ2) is 5.85. The molecule has 1 aromatic heterocycles. The fraction of sp³-hybridized carbons (Fsp3) is 0.263. The quantitative estimate of drug-likeness (QED) is 0.780. The van der Waals surface area contributed by atoms with Gasteiger partial charge in [-0.2, -0.15) is 0 Å². The highest BCUT2D eigenvalue weighted by Crippen LogP contribution is 2.34. The zero-order chi connectivity index (χ0) is 15.7. The van der Waals surface area contributed by atoms with Gasteiger partial charge in [0.05, 0.1) is 12.8 Å². The molecular weight excluding hydrogens is 272 g/mol. The number of hydrogen-bond acceptors (Lipinski definition) is 2. The third-order valence-corrected chi connectivity index (χ3v) is 4.00. The molecule has 114 valence electrons. The number of hydrogen-bond donors (Lipinski definition) is 1. The first-order valence-electron chi connectivity index (χ1n) is 7.49. The van der Waals surface area contributed by atoms with Crippen LogP contribution in [0.2, 0.25) is 0 Å². The van der Waals surface area contributed by atoms with Crippen LogP contribution >= 0.6 is 0 Å². The molecule has 3 rings (SSSR count). The summed E-state index contributed by atoms with van der Waals surface area (Å²) in [6.07, 6.45) is 0. The van der Waals surface area contributed by atoms with Crippen molar-refractivity contribution in [3.63, 3.8) is 0 Å². The summed E-state index contributed by atoms with van der Waals surface area (Å²) >= 11 is 0. The van der Waals surface area contributed by atoms with E-state index in [1.165, 1.54) is 27.8 Å². The fourth-order valence-corrected chi connectivity index (χ4v) is 2.92. The van der Waals surface area contributed by atoms with Gasteiger partial charge < -0.3 is 14.6 Å². The molecule has 0 bridgehead atoms. The Labute approximate surface area is 131 Å². The van der Waals surface area contributed by atoms with Crippen LogP contribution in [0.25, 0.3) is 22.2 Å². The summed E-state index contributed by atoms with van der Waals surface area (Å²) in [7, 11) is 5.91. The second-order valence-electron chi connectivity index (χ2n) is 5.94. The number of ether oxygens (including phenoxy) is 1. The predicted octanol–water partition coefficient (Wildman–Crippen LogP) is 4.21. The molecule has 3 aromatic rings. The van der Waals surface area contributed by atoms with Crippen molar-refractivity contribution >= 4 is 10.9 Å². The average molecular weight is 294 g/mol. The predicted molar refractivity (Wildman–Crippen MR) is 92.4 cm³/mol. The molecule has 1 heterocycles. The highest BCUT2D eigenvalue weighted by Gasteiger charge is 2.15. The van der Waals surface area contributed by atoms with Crippen LogP contribution in [0.3, 0.4) is 0 Å². The van der Waals surface area contributed by atoms with E-state index in [4.69, 9.17) is 4.74 Å². The first-order chi connectivity index (χ1) is 10.6. The van der Waals surface area contributed by atoms with Gasteiger partial charge in [-0.25, -0.2) is 0 Å². The molecule has 2 aromatic carbocycles. The van der Waals surface area contributed by atoms with Crippen LogP contribution in [0.5, 0.6) is 5.75 Å². The van der Waals surface area contributed by atoms with Gasteiger partial charge in [0.15, 0.2) is 0 Å². The molecule has 0 saturated carbocycles. The van der Waals surface area contributed by atoms with Crippen LogP contribution in [-0.4, -0.2) is 31.1 Å². The third kappa shape index (κ3) is 2.60. The standard InChI is InChI=1S/C19H22N2O/c1-13-7-5-6-8-15(13)19-17(12-21(2)3)16-11-14(22-4)9-10-18(16)20-19/h5-11,20H,12H2,1-4H3. The summed E-state index contributed by atoms with van der Waals surface area (Å²) in [5, 5.41) is 1.23. The Morgan fingerprint density at radius 3 is 2.55 bits per heavy atom. The molecule has 0 aliphatic carbocycles. The summed E-state index contributed by atoms with van der Waals surface area (Å²) in [5.41, 5.74) is 6.20. The van der Waals surface area contributed by atoms with Crippen LogP contribution < -0.4 is 4.74 Å². The topological polar surface area (TPSA) is 28.3 Å². The molecule has 0 spiro atoms. The van der Waals surface area contributed by atoms with E-state index in [-0.39, 0.29) is 0 Å². The molecule has 0 amide bonds. The van der Waals surface area contributed by atoms with E-state index in [0.717, 1.165) is 17.8 Å². The number of aromatic nitrogens is 1. The summed E-state index contributed by atoms with van der Waals surface area (Å²) in [6, 6.07) is 14.7. The van der Waals surface area contributed by atoms with Crippen molar-refractivity contribution in [2.45, 2.75) is 13.5 Å². The minimum atomic E-state index is 0.886. The number of aromatic amines is 1. The van der Waals surface area contributed by atoms with Gasteiger partial charge in [-0.3, -0.25) is 0 Å². The maximum Gasteiger partial charge on any atom is 0.119 e. The molecule has 0 aliphatic heterocycles. The van der Waals surface area contributed by atoms with Gasteiger partial charge in [0.1, 0.15) is 5.75 Å². The van der Waals surface area contributed by atoms with Crippen molar-refractivity contribution in [2.75, 3.05) is 21.2 Å². The van der Waals surface area contributed by atoms with Crippen LogP contribution in [0, 0.1) is 6.92 Å². The Kier molecular flexibility index (Phi) is 3.90. The second-order valence-corrected chi connectivity index (χ2v) is 5.94. The molecule has 22 heavy (non-hydrogen) atoms. The summed E-state index contributed by atoms with van der Waals surface area (Å²) in [6.45, 7) is 3.04. The monoisotopic (exact) mass is 294 g/mol. The Hall–Kier alpha value is -2.26. The Morgan fingerprint density at radius 1 is 1.09 bits per heavy atom. The van der Waals surface area contributed by atoms with E-state index in [0.29, 0.717) is 0 Å². The van der Waals surface area contributed by atoms with Gasteiger partial charge in [0.2, 0.25) is 0 Å². The number of nitrogens with zero attached hydrogens (tertiary/aromatic N) is 1. The van der Waals surface area contributed by atoms with E-state index >= 15 is 0 Å². The molecule has 0 saturated heterocycles. The minimum Gasteiger partial charge on any atom is -0.497 e. The lowest BCUT2D eigenvalue weighted by molar-refractivity contribution is 0.404. The zero-order valence-electron chi connectivity index (χ0n) is 13.6. The molecular formula is C19H22N2O. The van der Waals surface area contributed by atoms with Crippen molar-refractivity contribution in [1.29, 1.82) is 0 Å². The minimum absolute atomic E-state index is 0.886. The van der Waals surface area contributed by atoms with Crippen LogP contribution in [0.4, 0.5) is 0 Å². The summed E-state index contributed by atoms with van der Waals surface area (Å²) < 4.78 is 5.39. The lowest BCUT2D eigenvalue weighted by atomic mass is 10.0. The number of H-pyrrole nitrogens is 1. The largest absolute Gasteiger partial charge is 0.497 e. The SMILES string of the molecule is COc1ccc2[nH]c(-c3ccccc3C)c(CN(C)C)c2c1. The van der Waals surface area contributed by atoms with Crippen molar-refractivity contribution in [3.05, 3.63) is 53.6 Å². The number of benzene rings is 2. The summed E-state index contributed by atoms with van der Waals surface area (Å²) in [4.78, 5) is 5.79. The first-order valence-corrected chi connectivity index (χ1v) is 7.49. The molecule has 0 radical (unpaired) electrons. The van der Waals surface area contributed by atoms with Crippen LogP contribution in [0.15, 0.2) is 42.5 Å². The van der Waals surface area contributed by atoms with Crippen LogP contribution in [0.1, 0.15) is 11.1 Å². The van der Waals surface area contributed by atoms with Gasteiger partial charge in [-0.15, -0.1) is 0 Å². The van der Waals surface area contributed by atoms with Gasteiger partial charge in [-0.1, -0.05) is 24.3 Å². The van der Waals surface area contributed by atoms with E-state index in [1.54, 1.807) is 7.11 Å². The van der Waals surface area contributed by atoms with Crippen molar-refractivity contribution < 1.29 is 4.74 Å². The molecule has 1 N–H and O–H groups in total. The number of rotatable bonds is 4. The maximum atomic E-state index is 5.39. The lowest BCUT2D eigenvalue weighted by Gasteiger charge is -2.13. The Bertz CT molecular complexity index is 802. The number of nitrogens with one attached hydrogen (secondary N) is 1. The van der Waals surface area contributed by atoms with E-state index in [1.807, 2.05) is 6.07 Å². The normalized spacial score (nSPS) is 11.3. The number of fused-ring (bicyclic) bond motifs is 1.